The van der Waals surface area contributed by atoms with Crippen molar-refractivity contribution in [2.45, 2.75) is 39.2 Å². The van der Waals surface area contributed by atoms with Crippen molar-refractivity contribution in [3.05, 3.63) is 29.8 Å². The van der Waals surface area contributed by atoms with E-state index in [4.69, 9.17) is 0 Å². The molecule has 2 heteroatoms. The molecule has 0 saturated carbocycles. The van der Waals surface area contributed by atoms with E-state index in [-0.39, 0.29) is 5.54 Å². The SMILES string of the molecule is CCc1ccc(N2CCNC(C)(C)CC2)cc1. The second kappa shape index (κ2) is 5.09. The highest BCUT2D eigenvalue weighted by Gasteiger charge is 2.22. The molecule has 0 amide bonds. The number of hydrogen-bond donors (Lipinski definition) is 1. The van der Waals surface area contributed by atoms with Crippen LogP contribution in [0.15, 0.2) is 24.3 Å². The van der Waals surface area contributed by atoms with Gasteiger partial charge in [-0.3, -0.25) is 0 Å². The molecule has 17 heavy (non-hydrogen) atoms. The van der Waals surface area contributed by atoms with Gasteiger partial charge in [0.15, 0.2) is 0 Å². The van der Waals surface area contributed by atoms with Gasteiger partial charge in [0.1, 0.15) is 0 Å². The molecule has 1 heterocycles. The minimum atomic E-state index is 0.276. The van der Waals surface area contributed by atoms with Gasteiger partial charge in [0.25, 0.3) is 0 Å². The topological polar surface area (TPSA) is 15.3 Å². The molecule has 1 N–H and O–H groups in total. The van der Waals surface area contributed by atoms with Gasteiger partial charge in [-0.15, -0.1) is 0 Å². The van der Waals surface area contributed by atoms with Crippen LogP contribution in [-0.2, 0) is 6.42 Å². The highest BCUT2D eigenvalue weighted by Crippen LogP contribution is 2.20. The molecule has 0 aromatic heterocycles. The number of hydrogen-bond acceptors (Lipinski definition) is 2. The zero-order chi connectivity index (χ0) is 12.3. The molecule has 2 rings (SSSR count). The lowest BCUT2D eigenvalue weighted by Gasteiger charge is -2.24. The average molecular weight is 232 g/mol. The number of benzene rings is 1. The Morgan fingerprint density at radius 1 is 1.18 bits per heavy atom. The Morgan fingerprint density at radius 2 is 1.88 bits per heavy atom. The summed E-state index contributed by atoms with van der Waals surface area (Å²) in [5, 5.41) is 3.60. The molecule has 1 aliphatic heterocycles. The van der Waals surface area contributed by atoms with E-state index in [1.165, 1.54) is 17.7 Å². The Kier molecular flexibility index (Phi) is 3.72. The van der Waals surface area contributed by atoms with Gasteiger partial charge in [0, 0.05) is 30.9 Å². The van der Waals surface area contributed by atoms with Crippen molar-refractivity contribution < 1.29 is 0 Å². The first kappa shape index (κ1) is 12.4. The van der Waals surface area contributed by atoms with Crippen LogP contribution in [0.1, 0.15) is 32.8 Å². The van der Waals surface area contributed by atoms with Crippen molar-refractivity contribution in [2.24, 2.45) is 0 Å². The van der Waals surface area contributed by atoms with E-state index in [0.29, 0.717) is 0 Å². The van der Waals surface area contributed by atoms with Gasteiger partial charge in [-0.2, -0.15) is 0 Å². The van der Waals surface area contributed by atoms with Crippen molar-refractivity contribution in [3.8, 4) is 0 Å². The molecular weight excluding hydrogens is 208 g/mol. The number of rotatable bonds is 2. The smallest absolute Gasteiger partial charge is 0.0366 e. The lowest BCUT2D eigenvalue weighted by atomic mass is 10.0. The van der Waals surface area contributed by atoms with Crippen molar-refractivity contribution in [1.82, 2.24) is 5.32 Å². The van der Waals surface area contributed by atoms with E-state index in [9.17, 15) is 0 Å². The van der Waals surface area contributed by atoms with Crippen molar-refractivity contribution >= 4 is 5.69 Å². The maximum absolute atomic E-state index is 3.60. The Balaban J connectivity index is 2.06. The standard InChI is InChI=1S/C15H24N2/c1-4-13-5-7-14(8-6-13)17-11-9-15(2,3)16-10-12-17/h5-8,16H,4,9-12H2,1-3H3. The monoisotopic (exact) mass is 232 g/mol. The van der Waals surface area contributed by atoms with E-state index < -0.39 is 0 Å². The first-order chi connectivity index (χ1) is 8.11. The first-order valence-corrected chi connectivity index (χ1v) is 6.70. The van der Waals surface area contributed by atoms with E-state index in [1.54, 1.807) is 0 Å². The van der Waals surface area contributed by atoms with Crippen LogP contribution in [0.5, 0.6) is 0 Å². The summed E-state index contributed by atoms with van der Waals surface area (Å²) in [6, 6.07) is 9.02. The van der Waals surface area contributed by atoms with Crippen LogP contribution in [-0.4, -0.2) is 25.2 Å². The maximum atomic E-state index is 3.60. The Morgan fingerprint density at radius 3 is 2.53 bits per heavy atom. The van der Waals surface area contributed by atoms with Crippen LogP contribution in [0.2, 0.25) is 0 Å². The Labute approximate surface area is 105 Å². The van der Waals surface area contributed by atoms with Crippen LogP contribution in [0, 0.1) is 0 Å². The highest BCUT2D eigenvalue weighted by atomic mass is 15.2. The molecule has 1 fully saturated rings. The van der Waals surface area contributed by atoms with Crippen LogP contribution >= 0.6 is 0 Å². The second-order valence-corrected chi connectivity index (χ2v) is 5.57. The van der Waals surface area contributed by atoms with Gasteiger partial charge in [0.05, 0.1) is 0 Å². The van der Waals surface area contributed by atoms with Gasteiger partial charge in [-0.1, -0.05) is 19.1 Å². The van der Waals surface area contributed by atoms with Crippen molar-refractivity contribution in [1.29, 1.82) is 0 Å². The third kappa shape index (κ3) is 3.22. The van der Waals surface area contributed by atoms with Gasteiger partial charge >= 0.3 is 0 Å². The fourth-order valence-corrected chi connectivity index (χ4v) is 2.34. The molecule has 1 aromatic rings. The molecule has 2 nitrogen and oxygen atoms in total. The minimum Gasteiger partial charge on any atom is -0.370 e. The average Bonchev–Trinajstić information content (AvgIpc) is 2.50. The summed E-state index contributed by atoms with van der Waals surface area (Å²) in [4.78, 5) is 2.49. The summed E-state index contributed by atoms with van der Waals surface area (Å²) >= 11 is 0. The largest absolute Gasteiger partial charge is 0.370 e. The highest BCUT2D eigenvalue weighted by molar-refractivity contribution is 5.47. The summed E-state index contributed by atoms with van der Waals surface area (Å²) < 4.78 is 0. The van der Waals surface area contributed by atoms with E-state index in [1.807, 2.05) is 0 Å². The summed E-state index contributed by atoms with van der Waals surface area (Å²) in [5.74, 6) is 0. The number of nitrogens with one attached hydrogen (secondary N) is 1. The lowest BCUT2D eigenvalue weighted by Crippen LogP contribution is -2.39. The molecular formula is C15H24N2. The fourth-order valence-electron chi connectivity index (χ4n) is 2.34. The first-order valence-electron chi connectivity index (χ1n) is 6.70. The molecule has 0 aliphatic carbocycles. The van der Waals surface area contributed by atoms with Gasteiger partial charge in [0.2, 0.25) is 0 Å². The van der Waals surface area contributed by atoms with Crippen molar-refractivity contribution in [2.75, 3.05) is 24.5 Å². The normalized spacial score (nSPS) is 20.1. The second-order valence-electron chi connectivity index (χ2n) is 5.57. The molecule has 1 saturated heterocycles. The number of anilines is 1. The van der Waals surface area contributed by atoms with Crippen LogP contribution in [0.4, 0.5) is 5.69 Å². The predicted octanol–water partition coefficient (Wildman–Crippen LogP) is 2.83. The molecule has 1 aromatic carbocycles. The number of nitrogens with zero attached hydrogens (tertiary/aromatic N) is 1. The molecule has 0 spiro atoms. The van der Waals surface area contributed by atoms with E-state index in [2.05, 4.69) is 55.3 Å². The van der Waals surface area contributed by atoms with Gasteiger partial charge in [-0.05, 0) is 44.4 Å². The summed E-state index contributed by atoms with van der Waals surface area (Å²) in [7, 11) is 0. The Hall–Kier alpha value is -1.02. The maximum Gasteiger partial charge on any atom is 0.0366 e. The lowest BCUT2D eigenvalue weighted by molar-refractivity contribution is 0.394. The summed E-state index contributed by atoms with van der Waals surface area (Å²) in [6.45, 7) is 10.1. The van der Waals surface area contributed by atoms with Gasteiger partial charge < -0.3 is 10.2 Å². The fraction of sp³-hybridized carbons (Fsp3) is 0.600. The molecule has 0 radical (unpaired) electrons. The van der Waals surface area contributed by atoms with Gasteiger partial charge in [-0.25, -0.2) is 0 Å². The molecule has 0 unspecified atom stereocenters. The third-order valence-corrected chi connectivity index (χ3v) is 3.70. The molecule has 94 valence electrons. The van der Waals surface area contributed by atoms with Crippen LogP contribution < -0.4 is 10.2 Å². The minimum absolute atomic E-state index is 0.276. The van der Waals surface area contributed by atoms with E-state index >= 15 is 0 Å². The number of aryl methyl sites for hydroxylation is 1. The van der Waals surface area contributed by atoms with E-state index in [0.717, 1.165) is 26.1 Å². The zero-order valence-electron chi connectivity index (χ0n) is 11.3. The van der Waals surface area contributed by atoms with Crippen LogP contribution in [0.25, 0.3) is 0 Å². The predicted molar refractivity (Wildman–Crippen MR) is 74.7 cm³/mol. The Bertz CT molecular complexity index is 354. The quantitative estimate of drug-likeness (QED) is 0.843. The zero-order valence-corrected chi connectivity index (χ0v) is 11.3. The third-order valence-electron chi connectivity index (χ3n) is 3.70. The molecule has 0 atom stereocenters. The molecule has 1 aliphatic rings. The summed E-state index contributed by atoms with van der Waals surface area (Å²) in [6.07, 6.45) is 2.32. The van der Waals surface area contributed by atoms with Crippen LogP contribution in [0.3, 0.4) is 0 Å². The summed E-state index contributed by atoms with van der Waals surface area (Å²) in [5.41, 5.74) is 3.06. The molecule has 0 bridgehead atoms. The van der Waals surface area contributed by atoms with Crippen molar-refractivity contribution in [3.63, 3.8) is 0 Å².